The molecule has 1 fully saturated rings. The Hall–Kier alpha value is -1.66. The van der Waals surface area contributed by atoms with Crippen molar-refractivity contribution in [2.75, 3.05) is 6.61 Å². The number of carbonyl (C=O) groups is 1. The van der Waals surface area contributed by atoms with E-state index in [9.17, 15) is 14.9 Å². The number of amides is 1. The van der Waals surface area contributed by atoms with Gasteiger partial charge in [-0.3, -0.25) is 14.9 Å². The molecule has 22 heavy (non-hydrogen) atoms. The van der Waals surface area contributed by atoms with Crippen LogP contribution in [0.4, 0.5) is 5.69 Å². The Balaban J connectivity index is 2.19. The van der Waals surface area contributed by atoms with Gasteiger partial charge in [0.15, 0.2) is 0 Å². The van der Waals surface area contributed by atoms with Gasteiger partial charge in [-0.15, -0.1) is 0 Å². The second-order valence-corrected chi connectivity index (χ2v) is 6.55. The van der Waals surface area contributed by atoms with E-state index in [1.54, 1.807) is 6.92 Å². The van der Waals surface area contributed by atoms with Crippen molar-refractivity contribution in [2.24, 2.45) is 0 Å². The zero-order valence-electron chi connectivity index (χ0n) is 12.8. The van der Waals surface area contributed by atoms with Crippen molar-refractivity contribution in [1.82, 2.24) is 5.32 Å². The van der Waals surface area contributed by atoms with E-state index >= 15 is 0 Å². The molecule has 0 radical (unpaired) electrons. The van der Waals surface area contributed by atoms with Crippen LogP contribution in [-0.2, 0) is 4.74 Å². The lowest BCUT2D eigenvalue weighted by atomic mass is 9.93. The van der Waals surface area contributed by atoms with E-state index < -0.39 is 10.8 Å². The number of nitro benzene ring substituents is 1. The number of hydrogen-bond donors (Lipinski definition) is 1. The fraction of sp³-hybridized carbons (Fsp3) is 0.533. The maximum absolute atomic E-state index is 12.4. The molecule has 1 aliphatic heterocycles. The molecule has 7 heteroatoms. The third kappa shape index (κ3) is 3.75. The Bertz CT molecular complexity index is 616. The number of aryl methyl sites for hydroxylation is 1. The molecular formula is C15H19ClN2O4. The van der Waals surface area contributed by atoms with Crippen LogP contribution in [0.5, 0.6) is 0 Å². The van der Waals surface area contributed by atoms with Crippen molar-refractivity contribution in [3.8, 4) is 0 Å². The number of halogens is 1. The molecule has 0 aliphatic carbocycles. The normalized spacial score (nSPS) is 20.5. The van der Waals surface area contributed by atoms with Gasteiger partial charge >= 0.3 is 0 Å². The second kappa shape index (κ2) is 6.22. The molecule has 0 spiro atoms. The number of nitrogens with zero attached hydrogens (tertiary/aromatic N) is 1. The maximum Gasteiger partial charge on any atom is 0.273 e. The quantitative estimate of drug-likeness (QED) is 0.683. The molecule has 120 valence electrons. The first-order chi connectivity index (χ1) is 10.2. The summed E-state index contributed by atoms with van der Waals surface area (Å²) in [7, 11) is 0. The molecule has 2 rings (SSSR count). The number of carbonyl (C=O) groups excluding carboxylic acids is 1. The summed E-state index contributed by atoms with van der Waals surface area (Å²) in [5, 5.41) is 14.1. The van der Waals surface area contributed by atoms with Crippen molar-refractivity contribution >= 4 is 23.2 Å². The van der Waals surface area contributed by atoms with Gasteiger partial charge in [0.25, 0.3) is 11.6 Å². The Morgan fingerprint density at radius 1 is 1.50 bits per heavy atom. The lowest BCUT2D eigenvalue weighted by molar-refractivity contribution is -0.385. The monoisotopic (exact) mass is 326 g/mol. The molecule has 1 atom stereocenters. The van der Waals surface area contributed by atoms with E-state index in [2.05, 4.69) is 5.32 Å². The first-order valence-electron chi connectivity index (χ1n) is 7.09. The average molecular weight is 327 g/mol. The van der Waals surface area contributed by atoms with Gasteiger partial charge in [-0.25, -0.2) is 0 Å². The molecule has 1 aromatic carbocycles. The van der Waals surface area contributed by atoms with Crippen LogP contribution in [0.25, 0.3) is 0 Å². The van der Waals surface area contributed by atoms with Gasteiger partial charge in [0.1, 0.15) is 0 Å². The fourth-order valence-corrected chi connectivity index (χ4v) is 2.95. The molecule has 0 unspecified atom stereocenters. The fourth-order valence-electron chi connectivity index (χ4n) is 2.65. The number of hydrogen-bond acceptors (Lipinski definition) is 4. The molecule has 1 amide bonds. The van der Waals surface area contributed by atoms with E-state index in [-0.39, 0.29) is 27.9 Å². The van der Waals surface area contributed by atoms with Gasteiger partial charge in [0, 0.05) is 24.3 Å². The van der Waals surface area contributed by atoms with Crippen molar-refractivity contribution in [2.45, 2.75) is 45.3 Å². The minimum Gasteiger partial charge on any atom is -0.375 e. The van der Waals surface area contributed by atoms with E-state index in [1.165, 1.54) is 12.1 Å². The third-order valence-corrected chi connectivity index (χ3v) is 4.07. The Kier molecular flexibility index (Phi) is 4.72. The standard InChI is InChI=1S/C15H19ClN2O4/c1-9-6-12(16)11(7-13(9)18(20)21)14(19)17-10-4-5-22-15(2,3)8-10/h6-7,10H,4-5,8H2,1-3H3,(H,17,19)/t10-/m1/s1. The summed E-state index contributed by atoms with van der Waals surface area (Å²) in [6.07, 6.45) is 1.39. The van der Waals surface area contributed by atoms with Crippen LogP contribution in [0.2, 0.25) is 5.02 Å². The Labute approximate surface area is 133 Å². The SMILES string of the molecule is Cc1cc(Cl)c(C(=O)N[C@@H]2CCOC(C)(C)C2)cc1[N+](=O)[O-]. The lowest BCUT2D eigenvalue weighted by Crippen LogP contribution is -2.45. The summed E-state index contributed by atoms with van der Waals surface area (Å²) in [4.78, 5) is 22.9. The van der Waals surface area contributed by atoms with Crippen LogP contribution < -0.4 is 5.32 Å². The highest BCUT2D eigenvalue weighted by Gasteiger charge is 2.30. The number of rotatable bonds is 3. The largest absolute Gasteiger partial charge is 0.375 e. The maximum atomic E-state index is 12.4. The van der Waals surface area contributed by atoms with Crippen LogP contribution in [-0.4, -0.2) is 29.1 Å². The summed E-state index contributed by atoms with van der Waals surface area (Å²) in [6.45, 7) is 6.09. The van der Waals surface area contributed by atoms with Crippen molar-refractivity contribution in [3.05, 3.63) is 38.4 Å². The van der Waals surface area contributed by atoms with Crippen LogP contribution >= 0.6 is 11.6 Å². The summed E-state index contributed by atoms with van der Waals surface area (Å²) in [5.74, 6) is -0.393. The minimum atomic E-state index is -0.514. The summed E-state index contributed by atoms with van der Waals surface area (Å²) in [6, 6.07) is 2.65. The zero-order chi connectivity index (χ0) is 16.5. The van der Waals surface area contributed by atoms with E-state index in [4.69, 9.17) is 16.3 Å². The summed E-state index contributed by atoms with van der Waals surface area (Å²) >= 11 is 6.07. The second-order valence-electron chi connectivity index (χ2n) is 6.15. The van der Waals surface area contributed by atoms with Crippen molar-refractivity contribution in [3.63, 3.8) is 0 Å². The molecule has 1 N–H and O–H groups in total. The predicted molar refractivity (Wildman–Crippen MR) is 83.4 cm³/mol. The number of nitrogens with one attached hydrogen (secondary N) is 1. The average Bonchev–Trinajstić information content (AvgIpc) is 2.36. The van der Waals surface area contributed by atoms with Crippen LogP contribution in [0, 0.1) is 17.0 Å². The predicted octanol–water partition coefficient (Wildman–Crippen LogP) is 3.24. The van der Waals surface area contributed by atoms with Gasteiger partial charge in [-0.1, -0.05) is 11.6 Å². The van der Waals surface area contributed by atoms with Gasteiger partial charge in [0.2, 0.25) is 0 Å². The third-order valence-electron chi connectivity index (χ3n) is 3.76. The number of nitro groups is 1. The van der Waals surface area contributed by atoms with Crippen LogP contribution in [0.1, 0.15) is 42.6 Å². The van der Waals surface area contributed by atoms with Gasteiger partial charge in [-0.2, -0.15) is 0 Å². The minimum absolute atomic E-state index is 0.0346. The van der Waals surface area contributed by atoms with Crippen molar-refractivity contribution < 1.29 is 14.5 Å². The molecule has 6 nitrogen and oxygen atoms in total. The van der Waals surface area contributed by atoms with Crippen LogP contribution in [0.15, 0.2) is 12.1 Å². The lowest BCUT2D eigenvalue weighted by Gasteiger charge is -2.35. The van der Waals surface area contributed by atoms with Gasteiger partial charge in [-0.05, 0) is 39.7 Å². The molecule has 0 aromatic heterocycles. The molecule has 1 heterocycles. The molecule has 0 bridgehead atoms. The molecule has 1 saturated heterocycles. The number of benzene rings is 1. The van der Waals surface area contributed by atoms with Crippen molar-refractivity contribution in [1.29, 1.82) is 0 Å². The highest BCUT2D eigenvalue weighted by atomic mass is 35.5. The van der Waals surface area contributed by atoms with E-state index in [1.807, 2.05) is 13.8 Å². The summed E-state index contributed by atoms with van der Waals surface area (Å²) < 4.78 is 5.61. The Morgan fingerprint density at radius 3 is 2.77 bits per heavy atom. The number of ether oxygens (including phenoxy) is 1. The topological polar surface area (TPSA) is 81.5 Å². The smallest absolute Gasteiger partial charge is 0.273 e. The zero-order valence-corrected chi connectivity index (χ0v) is 13.6. The van der Waals surface area contributed by atoms with Crippen LogP contribution in [0.3, 0.4) is 0 Å². The molecule has 1 aromatic rings. The molecular weight excluding hydrogens is 308 g/mol. The highest BCUT2D eigenvalue weighted by molar-refractivity contribution is 6.34. The molecule has 1 aliphatic rings. The first kappa shape index (κ1) is 16.7. The van der Waals surface area contributed by atoms with E-state index in [0.29, 0.717) is 25.0 Å². The first-order valence-corrected chi connectivity index (χ1v) is 7.47. The van der Waals surface area contributed by atoms with Gasteiger partial charge in [0.05, 0.1) is 21.1 Å². The Morgan fingerprint density at radius 2 is 2.18 bits per heavy atom. The molecule has 0 saturated carbocycles. The highest BCUT2D eigenvalue weighted by Crippen LogP contribution is 2.28. The van der Waals surface area contributed by atoms with Gasteiger partial charge < -0.3 is 10.1 Å². The summed E-state index contributed by atoms with van der Waals surface area (Å²) in [5.41, 5.74) is 0.156. The van der Waals surface area contributed by atoms with E-state index in [0.717, 1.165) is 0 Å².